The van der Waals surface area contributed by atoms with Gasteiger partial charge in [0.1, 0.15) is 10.5 Å². The topological polar surface area (TPSA) is 72.7 Å². The number of para-hydroxylation sites is 1. The third-order valence-electron chi connectivity index (χ3n) is 5.10. The quantitative estimate of drug-likeness (QED) is 0.637. The van der Waals surface area contributed by atoms with E-state index in [4.69, 9.17) is 0 Å². The van der Waals surface area contributed by atoms with Crippen LogP contribution in [0, 0.1) is 0 Å². The number of hydrogen-bond acceptors (Lipinski definition) is 5. The Hall–Kier alpha value is -2.41. The van der Waals surface area contributed by atoms with Crippen molar-refractivity contribution in [1.82, 2.24) is 25.3 Å². The van der Waals surface area contributed by atoms with Gasteiger partial charge in [0.05, 0.1) is 23.3 Å². The summed E-state index contributed by atoms with van der Waals surface area (Å²) in [7, 11) is 0. The third-order valence-corrected chi connectivity index (χ3v) is 6.06. The lowest BCUT2D eigenvalue weighted by atomic mass is 10.1. The van der Waals surface area contributed by atoms with Crippen LogP contribution in [0.1, 0.15) is 51.1 Å². The first-order valence-corrected chi connectivity index (χ1v) is 10.8. The van der Waals surface area contributed by atoms with E-state index in [9.17, 15) is 4.79 Å². The highest BCUT2D eigenvalue weighted by Crippen LogP contribution is 2.31. The number of aromatic nitrogens is 4. The Labute approximate surface area is 169 Å². The number of nitrogens with zero attached hydrogens (tertiary/aromatic N) is 4. The predicted molar refractivity (Wildman–Crippen MR) is 112 cm³/mol. The van der Waals surface area contributed by atoms with Crippen LogP contribution in [0.5, 0.6) is 0 Å². The Morgan fingerprint density at radius 2 is 1.96 bits per heavy atom. The number of hydrogen-bond donors (Lipinski definition) is 1. The minimum Gasteiger partial charge on any atom is -0.353 e. The normalized spacial score (nSPS) is 14.8. The highest BCUT2D eigenvalue weighted by atomic mass is 32.2. The van der Waals surface area contributed by atoms with Gasteiger partial charge in [-0.15, -0.1) is 5.10 Å². The summed E-state index contributed by atoms with van der Waals surface area (Å²) in [5.74, 6) is 0.639. The van der Waals surface area contributed by atoms with Crippen molar-refractivity contribution in [2.45, 2.75) is 56.5 Å². The monoisotopic (exact) mass is 395 g/mol. The second-order valence-corrected chi connectivity index (χ2v) is 8.50. The molecule has 146 valence electrons. The lowest BCUT2D eigenvalue weighted by molar-refractivity contribution is -0.119. The van der Waals surface area contributed by atoms with Crippen molar-refractivity contribution in [2.75, 3.05) is 5.75 Å². The van der Waals surface area contributed by atoms with Crippen LogP contribution in [-0.4, -0.2) is 37.7 Å². The molecular formula is C21H25N5OS. The van der Waals surface area contributed by atoms with Gasteiger partial charge in [0.25, 0.3) is 0 Å². The van der Waals surface area contributed by atoms with E-state index in [2.05, 4.69) is 34.5 Å². The van der Waals surface area contributed by atoms with Gasteiger partial charge in [0.2, 0.25) is 5.91 Å². The predicted octanol–water partition coefficient (Wildman–Crippen LogP) is 4.09. The van der Waals surface area contributed by atoms with Crippen molar-refractivity contribution in [3.05, 3.63) is 42.2 Å². The van der Waals surface area contributed by atoms with E-state index < -0.39 is 0 Å². The zero-order valence-corrected chi connectivity index (χ0v) is 17.1. The summed E-state index contributed by atoms with van der Waals surface area (Å²) < 4.78 is 1.90. The van der Waals surface area contributed by atoms with Gasteiger partial charge in [-0.2, -0.15) is 10.2 Å². The van der Waals surface area contributed by atoms with Crippen LogP contribution in [0.3, 0.4) is 0 Å². The number of nitrogens with one attached hydrogen (secondary N) is 1. The number of benzene rings is 1. The summed E-state index contributed by atoms with van der Waals surface area (Å²) in [6, 6.07) is 10.3. The maximum Gasteiger partial charge on any atom is 0.230 e. The third kappa shape index (κ3) is 3.90. The van der Waals surface area contributed by atoms with Crippen molar-refractivity contribution in [1.29, 1.82) is 0 Å². The molecule has 0 aliphatic heterocycles. The fraction of sp³-hybridized carbons (Fsp3) is 0.429. The molecular weight excluding hydrogens is 370 g/mol. The molecule has 1 amide bonds. The summed E-state index contributed by atoms with van der Waals surface area (Å²) in [6.45, 7) is 4.20. The van der Waals surface area contributed by atoms with E-state index in [-0.39, 0.29) is 11.8 Å². The molecule has 6 nitrogen and oxygen atoms in total. The Bertz CT molecular complexity index is 964. The first kappa shape index (κ1) is 18.9. The summed E-state index contributed by atoms with van der Waals surface area (Å²) in [4.78, 5) is 12.4. The second kappa shape index (κ2) is 8.31. The summed E-state index contributed by atoms with van der Waals surface area (Å²) in [5, 5.41) is 18.4. The van der Waals surface area contributed by atoms with Crippen LogP contribution >= 0.6 is 11.8 Å². The Balaban J connectivity index is 1.64. The van der Waals surface area contributed by atoms with Gasteiger partial charge >= 0.3 is 0 Å². The van der Waals surface area contributed by atoms with Crippen LogP contribution in [0.25, 0.3) is 16.6 Å². The maximum absolute atomic E-state index is 12.4. The molecule has 0 unspecified atom stereocenters. The molecule has 1 aromatic carbocycles. The Kier molecular flexibility index (Phi) is 5.62. The van der Waals surface area contributed by atoms with E-state index in [0.717, 1.165) is 40.2 Å². The largest absolute Gasteiger partial charge is 0.353 e. The van der Waals surface area contributed by atoms with E-state index in [1.54, 1.807) is 0 Å². The van der Waals surface area contributed by atoms with Crippen LogP contribution in [0.15, 0.2) is 41.6 Å². The van der Waals surface area contributed by atoms with E-state index in [1.807, 2.05) is 41.2 Å². The van der Waals surface area contributed by atoms with E-state index >= 15 is 0 Å². The molecule has 1 aliphatic carbocycles. The average Bonchev–Trinajstić information content (AvgIpc) is 3.36. The zero-order valence-electron chi connectivity index (χ0n) is 16.3. The molecule has 0 bridgehead atoms. The molecule has 2 aromatic heterocycles. The molecule has 1 N–H and O–H groups in total. The van der Waals surface area contributed by atoms with Gasteiger partial charge < -0.3 is 5.32 Å². The molecule has 1 aliphatic rings. The number of rotatable bonds is 6. The molecule has 4 rings (SSSR count). The molecule has 7 heteroatoms. The smallest absolute Gasteiger partial charge is 0.230 e. The Morgan fingerprint density at radius 1 is 1.21 bits per heavy atom. The number of fused-ring (bicyclic) bond motifs is 1. The van der Waals surface area contributed by atoms with E-state index in [1.165, 1.54) is 24.6 Å². The van der Waals surface area contributed by atoms with Crippen molar-refractivity contribution >= 4 is 28.6 Å². The SMILES string of the molecule is CC(C)c1nnc(SCC(=O)NC2CCCC2)c2c1cnn2-c1ccccc1. The van der Waals surface area contributed by atoms with Crippen molar-refractivity contribution in [3.8, 4) is 5.69 Å². The molecule has 0 radical (unpaired) electrons. The number of thioether (sulfide) groups is 1. The van der Waals surface area contributed by atoms with E-state index in [0.29, 0.717) is 11.8 Å². The van der Waals surface area contributed by atoms with Crippen molar-refractivity contribution < 1.29 is 4.79 Å². The lowest BCUT2D eigenvalue weighted by Crippen LogP contribution is -2.33. The summed E-state index contributed by atoms with van der Waals surface area (Å²) in [6.07, 6.45) is 6.44. The minimum absolute atomic E-state index is 0.0607. The standard InChI is InChI=1S/C21H25N5OS/c1-14(2)19-17-12-22-26(16-10-4-3-5-11-16)20(17)21(25-24-19)28-13-18(27)23-15-8-6-7-9-15/h3-5,10-12,14-15H,6-9,13H2,1-2H3,(H,23,27). The maximum atomic E-state index is 12.4. The summed E-state index contributed by atoms with van der Waals surface area (Å²) >= 11 is 1.43. The molecule has 1 saturated carbocycles. The molecule has 3 aromatic rings. The molecule has 28 heavy (non-hydrogen) atoms. The fourth-order valence-electron chi connectivity index (χ4n) is 3.70. The average molecular weight is 396 g/mol. The van der Waals surface area contributed by atoms with Gasteiger partial charge in [0.15, 0.2) is 0 Å². The zero-order chi connectivity index (χ0) is 19.5. The van der Waals surface area contributed by atoms with Gasteiger partial charge in [-0.05, 0) is 30.9 Å². The molecule has 0 spiro atoms. The van der Waals surface area contributed by atoms with Crippen LogP contribution in [0.4, 0.5) is 0 Å². The number of carbonyl (C=O) groups is 1. The molecule has 2 heterocycles. The highest BCUT2D eigenvalue weighted by molar-refractivity contribution is 8.00. The van der Waals surface area contributed by atoms with Crippen molar-refractivity contribution in [2.24, 2.45) is 0 Å². The van der Waals surface area contributed by atoms with Crippen molar-refractivity contribution in [3.63, 3.8) is 0 Å². The van der Waals surface area contributed by atoms with Crippen LogP contribution < -0.4 is 5.32 Å². The van der Waals surface area contributed by atoms with Gasteiger partial charge in [0, 0.05) is 11.4 Å². The lowest BCUT2D eigenvalue weighted by Gasteiger charge is -2.13. The first-order chi connectivity index (χ1) is 13.6. The van der Waals surface area contributed by atoms with Gasteiger partial charge in [-0.1, -0.05) is 56.7 Å². The molecule has 0 saturated heterocycles. The highest BCUT2D eigenvalue weighted by Gasteiger charge is 2.20. The number of carbonyl (C=O) groups excluding carboxylic acids is 1. The van der Waals surface area contributed by atoms with Gasteiger partial charge in [-0.3, -0.25) is 4.79 Å². The fourth-order valence-corrected chi connectivity index (χ4v) is 4.49. The molecule has 0 atom stereocenters. The van der Waals surface area contributed by atoms with Gasteiger partial charge in [-0.25, -0.2) is 4.68 Å². The second-order valence-electron chi connectivity index (χ2n) is 7.54. The summed E-state index contributed by atoms with van der Waals surface area (Å²) in [5.41, 5.74) is 2.82. The molecule has 1 fully saturated rings. The minimum atomic E-state index is 0.0607. The van der Waals surface area contributed by atoms with Crippen LogP contribution in [0.2, 0.25) is 0 Å². The number of amides is 1. The first-order valence-electron chi connectivity index (χ1n) is 9.85. The van der Waals surface area contributed by atoms with Crippen LogP contribution in [-0.2, 0) is 4.79 Å². The Morgan fingerprint density at radius 3 is 2.68 bits per heavy atom.